The van der Waals surface area contributed by atoms with Crippen molar-refractivity contribution in [3.8, 4) is 5.75 Å². The zero-order valence-electron chi connectivity index (χ0n) is 9.45. The van der Waals surface area contributed by atoms with Gasteiger partial charge in [-0.25, -0.2) is 0 Å². The quantitative estimate of drug-likeness (QED) is 0.656. The Labute approximate surface area is 111 Å². The summed E-state index contributed by atoms with van der Waals surface area (Å²) in [5.74, 6) is 0.866. The lowest BCUT2D eigenvalue weighted by molar-refractivity contribution is 0.415. The predicted octanol–water partition coefficient (Wildman–Crippen LogP) is 2.14. The molecule has 0 unspecified atom stereocenters. The smallest absolute Gasteiger partial charge is 0.119 e. The number of rotatable bonds is 4. The Morgan fingerprint density at radius 2 is 2.35 bits per heavy atom. The highest BCUT2D eigenvalue weighted by molar-refractivity contribution is 8.00. The number of aromatic amines is 1. The van der Waals surface area contributed by atoms with Crippen LogP contribution in [0.1, 0.15) is 5.56 Å². The number of aromatic nitrogens is 1. The molecule has 0 aliphatic rings. The fourth-order valence-electron chi connectivity index (χ4n) is 1.79. The van der Waals surface area contributed by atoms with Gasteiger partial charge in [0.05, 0.1) is 7.11 Å². The van der Waals surface area contributed by atoms with Gasteiger partial charge in [0.1, 0.15) is 5.75 Å². The van der Waals surface area contributed by atoms with Crippen LogP contribution in [0.25, 0.3) is 10.9 Å². The molecule has 2 N–H and O–H groups in total. The standard InChI is InChI=1S/C12H14N2OS2/c1-15-9-2-3-11-10(6-9)8(7-14-11)4-5-13-12(16)17/h2-3,6-7,14H,4-5H2,1H3,(H2,13,16,17)/p-1. The normalized spacial score (nSPS) is 10.4. The molecular weight excluding hydrogens is 252 g/mol. The molecule has 0 saturated carbocycles. The molecule has 0 aliphatic carbocycles. The summed E-state index contributed by atoms with van der Waals surface area (Å²) in [6.07, 6.45) is 2.89. The first-order chi connectivity index (χ1) is 8.20. The molecule has 2 aromatic rings. The second kappa shape index (κ2) is 5.33. The Kier molecular flexibility index (Phi) is 3.81. The number of methoxy groups -OCH3 is 1. The number of hydrogen-bond donors (Lipinski definition) is 2. The summed E-state index contributed by atoms with van der Waals surface area (Å²) in [5, 5.41) is 4.16. The minimum Gasteiger partial charge on any atom is -0.497 e. The second-order valence-corrected chi connectivity index (χ2v) is 4.76. The van der Waals surface area contributed by atoms with Gasteiger partial charge in [-0.1, -0.05) is 4.32 Å². The van der Waals surface area contributed by atoms with Gasteiger partial charge >= 0.3 is 0 Å². The average molecular weight is 265 g/mol. The predicted molar refractivity (Wildman–Crippen MR) is 76.5 cm³/mol. The van der Waals surface area contributed by atoms with Gasteiger partial charge < -0.3 is 39.9 Å². The van der Waals surface area contributed by atoms with E-state index in [0.29, 0.717) is 4.32 Å². The van der Waals surface area contributed by atoms with Crippen LogP contribution in [0, 0.1) is 0 Å². The second-order valence-electron chi connectivity index (χ2n) is 3.69. The van der Waals surface area contributed by atoms with Crippen molar-refractivity contribution in [3.05, 3.63) is 30.0 Å². The summed E-state index contributed by atoms with van der Waals surface area (Å²) in [4.78, 5) is 3.24. The lowest BCUT2D eigenvalue weighted by atomic mass is 10.1. The molecule has 0 bridgehead atoms. The minimum absolute atomic E-state index is 0.419. The van der Waals surface area contributed by atoms with Crippen molar-refractivity contribution >= 4 is 40.1 Å². The summed E-state index contributed by atoms with van der Waals surface area (Å²) in [6.45, 7) is 0.756. The van der Waals surface area contributed by atoms with E-state index >= 15 is 0 Å². The summed E-state index contributed by atoms with van der Waals surface area (Å²) in [6, 6.07) is 6.00. The Bertz CT molecular complexity index is 536. The first kappa shape index (κ1) is 12.1. The van der Waals surface area contributed by atoms with Gasteiger partial charge in [-0.15, -0.1) is 0 Å². The molecule has 17 heavy (non-hydrogen) atoms. The van der Waals surface area contributed by atoms with Gasteiger partial charge in [-0.3, -0.25) is 0 Å². The Morgan fingerprint density at radius 3 is 3.06 bits per heavy atom. The van der Waals surface area contributed by atoms with Crippen molar-refractivity contribution in [2.45, 2.75) is 6.42 Å². The lowest BCUT2D eigenvalue weighted by Crippen LogP contribution is -2.21. The maximum absolute atomic E-state index is 5.22. The van der Waals surface area contributed by atoms with Crippen molar-refractivity contribution < 1.29 is 4.74 Å². The van der Waals surface area contributed by atoms with Crippen LogP contribution in [0.2, 0.25) is 0 Å². The molecule has 1 aromatic heterocycles. The van der Waals surface area contributed by atoms with Crippen LogP contribution in [-0.4, -0.2) is 23.0 Å². The number of fused-ring (bicyclic) bond motifs is 1. The minimum atomic E-state index is 0.419. The molecule has 1 heterocycles. The maximum atomic E-state index is 5.22. The van der Waals surface area contributed by atoms with Gasteiger partial charge in [0, 0.05) is 23.6 Å². The summed E-state index contributed by atoms with van der Waals surface area (Å²) < 4.78 is 5.64. The highest BCUT2D eigenvalue weighted by Gasteiger charge is 2.04. The Hall–Kier alpha value is -1.33. The van der Waals surface area contributed by atoms with Crippen LogP contribution in [-0.2, 0) is 19.0 Å². The van der Waals surface area contributed by atoms with Crippen molar-refractivity contribution in [1.82, 2.24) is 10.3 Å². The van der Waals surface area contributed by atoms with Crippen LogP contribution in [0.4, 0.5) is 0 Å². The third kappa shape index (κ3) is 2.87. The Balaban J connectivity index is 2.19. The summed E-state index contributed by atoms with van der Waals surface area (Å²) >= 11 is 9.60. The highest BCUT2D eigenvalue weighted by Crippen LogP contribution is 2.23. The third-order valence-corrected chi connectivity index (χ3v) is 2.93. The number of H-pyrrole nitrogens is 1. The van der Waals surface area contributed by atoms with Crippen LogP contribution in [0.5, 0.6) is 5.75 Å². The molecule has 3 nitrogen and oxygen atoms in total. The molecular formula is C12H13N2OS2-. The van der Waals surface area contributed by atoms with E-state index in [1.54, 1.807) is 7.11 Å². The van der Waals surface area contributed by atoms with Gasteiger partial charge in [-0.2, -0.15) is 0 Å². The Morgan fingerprint density at radius 1 is 1.53 bits per heavy atom. The van der Waals surface area contributed by atoms with Crippen LogP contribution >= 0.6 is 12.2 Å². The zero-order valence-corrected chi connectivity index (χ0v) is 11.1. The molecule has 0 atom stereocenters. The zero-order chi connectivity index (χ0) is 12.3. The van der Waals surface area contributed by atoms with E-state index in [1.807, 2.05) is 24.4 Å². The largest absolute Gasteiger partial charge is 0.497 e. The molecule has 5 heteroatoms. The third-order valence-electron chi connectivity index (χ3n) is 2.64. The fourth-order valence-corrected chi connectivity index (χ4v) is 1.99. The van der Waals surface area contributed by atoms with E-state index < -0.39 is 0 Å². The topological polar surface area (TPSA) is 37.0 Å². The van der Waals surface area contributed by atoms with Crippen LogP contribution < -0.4 is 10.1 Å². The van der Waals surface area contributed by atoms with Crippen molar-refractivity contribution in [3.63, 3.8) is 0 Å². The van der Waals surface area contributed by atoms with Gasteiger partial charge in [-0.05, 0) is 30.2 Å². The molecule has 0 spiro atoms. The summed E-state index contributed by atoms with van der Waals surface area (Å²) in [5.41, 5.74) is 2.35. The van der Waals surface area contributed by atoms with Gasteiger partial charge in [0.15, 0.2) is 0 Å². The molecule has 0 fully saturated rings. The lowest BCUT2D eigenvalue weighted by Gasteiger charge is -2.08. The number of nitrogens with one attached hydrogen (secondary N) is 2. The maximum Gasteiger partial charge on any atom is 0.119 e. The molecule has 0 aliphatic heterocycles. The SMILES string of the molecule is COc1ccc2[nH]cc(CCNC(=S)[S-])c2c1. The number of thiocarbonyl (C=S) groups is 1. The van der Waals surface area contributed by atoms with E-state index in [2.05, 4.69) is 10.3 Å². The van der Waals surface area contributed by atoms with Gasteiger partial charge in [0.2, 0.25) is 0 Å². The average Bonchev–Trinajstić information content (AvgIpc) is 2.71. The van der Waals surface area contributed by atoms with Crippen LogP contribution in [0.3, 0.4) is 0 Å². The van der Waals surface area contributed by atoms with Crippen molar-refractivity contribution in [2.24, 2.45) is 0 Å². The first-order valence-corrected chi connectivity index (χ1v) is 6.11. The van der Waals surface area contributed by atoms with Crippen molar-refractivity contribution in [2.75, 3.05) is 13.7 Å². The van der Waals surface area contributed by atoms with Gasteiger partial charge in [0.25, 0.3) is 0 Å². The van der Waals surface area contributed by atoms with Crippen LogP contribution in [0.15, 0.2) is 24.4 Å². The number of ether oxygens (including phenoxy) is 1. The highest BCUT2D eigenvalue weighted by atomic mass is 32.1. The first-order valence-electron chi connectivity index (χ1n) is 5.29. The molecule has 1 aromatic carbocycles. The van der Waals surface area contributed by atoms with Crippen molar-refractivity contribution in [1.29, 1.82) is 0 Å². The van der Waals surface area contributed by atoms with E-state index in [9.17, 15) is 0 Å². The number of hydrogen-bond acceptors (Lipinski definition) is 3. The fraction of sp³-hybridized carbons (Fsp3) is 0.250. The monoisotopic (exact) mass is 265 g/mol. The molecule has 0 amide bonds. The van der Waals surface area contributed by atoms with E-state index in [-0.39, 0.29) is 0 Å². The summed E-state index contributed by atoms with van der Waals surface area (Å²) in [7, 11) is 1.67. The molecule has 2 rings (SSSR count). The van der Waals surface area contributed by atoms with E-state index in [4.69, 9.17) is 29.6 Å². The molecule has 0 radical (unpaired) electrons. The molecule has 90 valence electrons. The number of benzene rings is 1. The van der Waals surface area contributed by atoms with E-state index in [1.165, 1.54) is 10.9 Å². The van der Waals surface area contributed by atoms with E-state index in [0.717, 1.165) is 24.2 Å². The molecule has 0 saturated heterocycles.